The summed E-state index contributed by atoms with van der Waals surface area (Å²) in [5.41, 5.74) is 6.06. The Labute approximate surface area is 83.3 Å². The first-order valence-corrected chi connectivity index (χ1v) is 5.38. The van der Waals surface area contributed by atoms with Gasteiger partial charge in [0.15, 0.2) is 0 Å². The first-order chi connectivity index (χ1) is 5.92. The smallest absolute Gasteiger partial charge is 0.00104 e. The van der Waals surface area contributed by atoms with Crippen LogP contribution in [0.1, 0.15) is 47.0 Å². The van der Waals surface area contributed by atoms with Crippen LogP contribution in [-0.2, 0) is 0 Å². The monoisotopic (exact) mass is 186 g/mol. The van der Waals surface area contributed by atoms with Gasteiger partial charge in [0.1, 0.15) is 0 Å². The molecule has 2 heteroatoms. The summed E-state index contributed by atoms with van der Waals surface area (Å²) in [7, 11) is 0. The van der Waals surface area contributed by atoms with Crippen molar-refractivity contribution in [3.8, 4) is 0 Å². The molecule has 0 bridgehead atoms. The molecule has 80 valence electrons. The molecule has 0 fully saturated rings. The van der Waals surface area contributed by atoms with E-state index in [1.54, 1.807) is 0 Å². The lowest BCUT2D eigenvalue weighted by atomic mass is 9.97. The molecule has 13 heavy (non-hydrogen) atoms. The van der Waals surface area contributed by atoms with Crippen LogP contribution in [0.2, 0.25) is 0 Å². The predicted molar refractivity (Wildman–Crippen MR) is 59.8 cm³/mol. The summed E-state index contributed by atoms with van der Waals surface area (Å²) in [5.74, 6) is 0. The molecule has 0 spiro atoms. The third-order valence-corrected chi connectivity index (χ3v) is 1.92. The van der Waals surface area contributed by atoms with Crippen LogP contribution in [0.5, 0.6) is 0 Å². The predicted octanol–water partition coefficient (Wildman–Crippen LogP) is 2.14. The van der Waals surface area contributed by atoms with E-state index in [4.69, 9.17) is 5.73 Å². The van der Waals surface area contributed by atoms with Crippen LogP contribution in [0.3, 0.4) is 0 Å². The minimum absolute atomic E-state index is 0.364. The Bertz CT molecular complexity index is 114. The van der Waals surface area contributed by atoms with E-state index in [2.05, 4.69) is 33.0 Å². The highest BCUT2D eigenvalue weighted by Crippen LogP contribution is 2.10. The summed E-state index contributed by atoms with van der Waals surface area (Å²) < 4.78 is 0. The van der Waals surface area contributed by atoms with Gasteiger partial charge in [-0.2, -0.15) is 0 Å². The highest BCUT2D eigenvalue weighted by Gasteiger charge is 2.07. The van der Waals surface area contributed by atoms with Crippen LogP contribution in [-0.4, -0.2) is 19.1 Å². The fourth-order valence-electron chi connectivity index (χ4n) is 1.18. The maximum absolute atomic E-state index is 5.66. The Hall–Kier alpha value is -0.0800. The number of hydrogen-bond donors (Lipinski definition) is 2. The van der Waals surface area contributed by atoms with E-state index in [0.29, 0.717) is 11.5 Å². The van der Waals surface area contributed by atoms with Gasteiger partial charge in [0, 0.05) is 6.04 Å². The number of unbranched alkanes of at least 4 members (excludes halogenated alkanes) is 1. The average Bonchev–Trinajstić information content (AvgIpc) is 1.93. The van der Waals surface area contributed by atoms with Crippen LogP contribution >= 0.6 is 0 Å². The minimum atomic E-state index is 0.364. The highest BCUT2D eigenvalue weighted by molar-refractivity contribution is 4.64. The SMILES string of the molecule is CC(N)CCCCNCC(C)(C)C. The minimum Gasteiger partial charge on any atom is -0.328 e. The van der Waals surface area contributed by atoms with E-state index >= 15 is 0 Å². The molecule has 1 unspecified atom stereocenters. The maximum Gasteiger partial charge on any atom is 0.00104 e. The molecule has 1 atom stereocenters. The molecule has 0 aromatic carbocycles. The maximum atomic E-state index is 5.66. The molecule has 0 amide bonds. The van der Waals surface area contributed by atoms with Crippen LogP contribution in [0.25, 0.3) is 0 Å². The number of nitrogens with one attached hydrogen (secondary N) is 1. The number of nitrogens with two attached hydrogens (primary N) is 1. The second-order valence-electron chi connectivity index (χ2n) is 5.21. The van der Waals surface area contributed by atoms with Crippen molar-refractivity contribution in [2.24, 2.45) is 11.1 Å². The lowest BCUT2D eigenvalue weighted by Gasteiger charge is -2.18. The zero-order valence-corrected chi connectivity index (χ0v) is 9.69. The van der Waals surface area contributed by atoms with E-state index in [0.717, 1.165) is 19.5 Å². The summed E-state index contributed by atoms with van der Waals surface area (Å²) in [6.45, 7) is 11.1. The molecule has 0 rings (SSSR count). The van der Waals surface area contributed by atoms with Crippen LogP contribution in [0.15, 0.2) is 0 Å². The van der Waals surface area contributed by atoms with Crippen molar-refractivity contribution in [2.75, 3.05) is 13.1 Å². The first kappa shape index (κ1) is 12.9. The molecule has 3 N–H and O–H groups in total. The molecule has 0 aliphatic rings. The van der Waals surface area contributed by atoms with Gasteiger partial charge in [-0.15, -0.1) is 0 Å². The fraction of sp³-hybridized carbons (Fsp3) is 1.00. The molecule has 0 aromatic heterocycles. The van der Waals surface area contributed by atoms with Gasteiger partial charge < -0.3 is 11.1 Å². The van der Waals surface area contributed by atoms with Crippen LogP contribution in [0.4, 0.5) is 0 Å². The van der Waals surface area contributed by atoms with Crippen molar-refractivity contribution in [1.82, 2.24) is 5.32 Å². The summed E-state index contributed by atoms with van der Waals surface area (Å²) in [6, 6.07) is 0.364. The third kappa shape index (κ3) is 11.9. The first-order valence-electron chi connectivity index (χ1n) is 5.38. The zero-order valence-electron chi connectivity index (χ0n) is 9.69. The summed E-state index contributed by atoms with van der Waals surface area (Å²) in [4.78, 5) is 0. The number of rotatable bonds is 6. The molecule has 0 aliphatic heterocycles. The fourth-order valence-corrected chi connectivity index (χ4v) is 1.18. The molecule has 0 heterocycles. The Morgan fingerprint density at radius 2 is 1.85 bits per heavy atom. The largest absolute Gasteiger partial charge is 0.328 e. The van der Waals surface area contributed by atoms with Gasteiger partial charge in [0.2, 0.25) is 0 Å². The van der Waals surface area contributed by atoms with Gasteiger partial charge in [-0.1, -0.05) is 27.2 Å². The van der Waals surface area contributed by atoms with Crippen molar-refractivity contribution >= 4 is 0 Å². The van der Waals surface area contributed by atoms with E-state index in [9.17, 15) is 0 Å². The molecular weight excluding hydrogens is 160 g/mol. The average molecular weight is 186 g/mol. The van der Waals surface area contributed by atoms with Gasteiger partial charge in [-0.25, -0.2) is 0 Å². The van der Waals surface area contributed by atoms with Gasteiger partial charge in [-0.05, 0) is 38.3 Å². The van der Waals surface area contributed by atoms with Crippen molar-refractivity contribution in [2.45, 2.75) is 53.0 Å². The molecule has 0 saturated heterocycles. The molecule has 0 aromatic rings. The second-order valence-corrected chi connectivity index (χ2v) is 5.21. The molecule has 2 nitrogen and oxygen atoms in total. The van der Waals surface area contributed by atoms with E-state index in [-0.39, 0.29) is 0 Å². The topological polar surface area (TPSA) is 38.0 Å². The third-order valence-electron chi connectivity index (χ3n) is 1.92. The zero-order chi connectivity index (χ0) is 10.3. The Morgan fingerprint density at radius 3 is 2.31 bits per heavy atom. The van der Waals surface area contributed by atoms with E-state index < -0.39 is 0 Å². The highest BCUT2D eigenvalue weighted by atomic mass is 14.9. The molecule has 0 saturated carbocycles. The molecular formula is C11H26N2. The Balaban J connectivity index is 3.09. The standard InChI is InChI=1S/C11H26N2/c1-10(12)7-5-6-8-13-9-11(2,3)4/h10,13H,5-9,12H2,1-4H3. The van der Waals surface area contributed by atoms with E-state index in [1.165, 1.54) is 12.8 Å². The molecule has 0 radical (unpaired) electrons. The quantitative estimate of drug-likeness (QED) is 0.624. The second kappa shape index (κ2) is 6.39. The Kier molecular flexibility index (Phi) is 6.35. The lowest BCUT2D eigenvalue weighted by Crippen LogP contribution is -2.27. The summed E-state index contributed by atoms with van der Waals surface area (Å²) in [6.07, 6.45) is 3.64. The van der Waals surface area contributed by atoms with Crippen molar-refractivity contribution < 1.29 is 0 Å². The normalized spacial score (nSPS) is 14.5. The van der Waals surface area contributed by atoms with Gasteiger partial charge in [-0.3, -0.25) is 0 Å². The van der Waals surface area contributed by atoms with Gasteiger partial charge >= 0.3 is 0 Å². The van der Waals surface area contributed by atoms with Crippen LogP contribution < -0.4 is 11.1 Å². The Morgan fingerprint density at radius 1 is 1.23 bits per heavy atom. The van der Waals surface area contributed by atoms with Crippen molar-refractivity contribution in [3.05, 3.63) is 0 Å². The van der Waals surface area contributed by atoms with Gasteiger partial charge in [0.25, 0.3) is 0 Å². The summed E-state index contributed by atoms with van der Waals surface area (Å²) >= 11 is 0. The van der Waals surface area contributed by atoms with Crippen LogP contribution in [0, 0.1) is 5.41 Å². The lowest BCUT2D eigenvalue weighted by molar-refractivity contribution is 0.377. The van der Waals surface area contributed by atoms with Gasteiger partial charge in [0.05, 0.1) is 0 Å². The molecule has 0 aliphatic carbocycles. The van der Waals surface area contributed by atoms with Crippen molar-refractivity contribution in [1.29, 1.82) is 0 Å². The van der Waals surface area contributed by atoms with E-state index in [1.807, 2.05) is 0 Å². The summed E-state index contributed by atoms with van der Waals surface area (Å²) in [5, 5.41) is 3.46. The van der Waals surface area contributed by atoms with Crippen molar-refractivity contribution in [3.63, 3.8) is 0 Å². The number of hydrogen-bond acceptors (Lipinski definition) is 2.